The van der Waals surface area contributed by atoms with Gasteiger partial charge < -0.3 is 5.11 Å². The van der Waals surface area contributed by atoms with E-state index in [0.717, 1.165) is 35.6 Å². The number of unbranched alkanes of at least 4 members (excludes halogenated alkanes) is 1. The molecule has 0 spiro atoms. The number of phenolic OH excluding ortho intramolecular Hbond substituents is 1. The van der Waals surface area contributed by atoms with E-state index in [1.54, 1.807) is 0 Å². The summed E-state index contributed by atoms with van der Waals surface area (Å²) in [5, 5.41) is 12.7. The molecule has 1 nitrogen and oxygen atoms in total. The summed E-state index contributed by atoms with van der Waals surface area (Å²) in [6.45, 7) is 4.25. The van der Waals surface area contributed by atoms with Crippen LogP contribution in [0.5, 0.6) is 5.75 Å². The number of aromatic hydroxyl groups is 1. The quantitative estimate of drug-likeness (QED) is 0.637. The monoisotopic (exact) mass is 290 g/mol. The molecule has 0 fully saturated rings. The number of fused-ring (bicyclic) bond motifs is 1. The predicted molar refractivity (Wildman–Crippen MR) is 94.4 cm³/mol. The van der Waals surface area contributed by atoms with Gasteiger partial charge in [-0.1, -0.05) is 67.9 Å². The number of hydrogen-bond donors (Lipinski definition) is 1. The second kappa shape index (κ2) is 6.23. The molecule has 22 heavy (non-hydrogen) atoms. The van der Waals surface area contributed by atoms with Crippen LogP contribution in [0, 0.1) is 6.92 Å². The molecule has 0 unspecified atom stereocenters. The van der Waals surface area contributed by atoms with Crippen LogP contribution in [0.15, 0.2) is 54.6 Å². The third kappa shape index (κ3) is 2.48. The largest absolute Gasteiger partial charge is 0.507 e. The van der Waals surface area contributed by atoms with Crippen molar-refractivity contribution >= 4 is 10.8 Å². The smallest absolute Gasteiger partial charge is 0.126 e. The van der Waals surface area contributed by atoms with E-state index in [4.69, 9.17) is 0 Å². The zero-order chi connectivity index (χ0) is 15.5. The van der Waals surface area contributed by atoms with E-state index in [2.05, 4.69) is 37.3 Å². The van der Waals surface area contributed by atoms with E-state index in [0.29, 0.717) is 5.75 Å². The van der Waals surface area contributed by atoms with E-state index in [9.17, 15) is 5.11 Å². The minimum Gasteiger partial charge on any atom is -0.507 e. The highest BCUT2D eigenvalue weighted by Gasteiger charge is 2.16. The number of rotatable bonds is 4. The van der Waals surface area contributed by atoms with Gasteiger partial charge in [0.05, 0.1) is 0 Å². The second-order valence-electron chi connectivity index (χ2n) is 5.84. The summed E-state index contributed by atoms with van der Waals surface area (Å²) in [5.41, 5.74) is 4.81. The van der Waals surface area contributed by atoms with Crippen molar-refractivity contribution in [2.75, 3.05) is 0 Å². The molecular formula is C21H22O. The van der Waals surface area contributed by atoms with E-state index in [-0.39, 0.29) is 0 Å². The molecule has 0 bridgehead atoms. The van der Waals surface area contributed by atoms with Crippen molar-refractivity contribution in [1.82, 2.24) is 0 Å². The molecule has 0 amide bonds. The van der Waals surface area contributed by atoms with Gasteiger partial charge in [-0.15, -0.1) is 0 Å². The van der Waals surface area contributed by atoms with Crippen LogP contribution in [0.4, 0.5) is 0 Å². The Morgan fingerprint density at radius 1 is 0.864 bits per heavy atom. The summed E-state index contributed by atoms with van der Waals surface area (Å²) >= 11 is 0. The van der Waals surface area contributed by atoms with Crippen LogP contribution in [-0.2, 0) is 6.42 Å². The first kappa shape index (κ1) is 14.6. The molecule has 3 aromatic rings. The summed E-state index contributed by atoms with van der Waals surface area (Å²) in [7, 11) is 0. The van der Waals surface area contributed by atoms with Crippen LogP contribution in [0.1, 0.15) is 30.9 Å². The van der Waals surface area contributed by atoms with Gasteiger partial charge in [-0.3, -0.25) is 0 Å². The topological polar surface area (TPSA) is 20.2 Å². The highest BCUT2D eigenvalue weighted by molar-refractivity contribution is 6.02. The molecule has 0 saturated carbocycles. The van der Waals surface area contributed by atoms with Crippen molar-refractivity contribution in [2.45, 2.75) is 33.1 Å². The van der Waals surface area contributed by atoms with Gasteiger partial charge in [0.15, 0.2) is 0 Å². The Morgan fingerprint density at radius 3 is 2.18 bits per heavy atom. The summed E-state index contributed by atoms with van der Waals surface area (Å²) in [4.78, 5) is 0. The second-order valence-corrected chi connectivity index (χ2v) is 5.84. The first-order chi connectivity index (χ1) is 10.7. The summed E-state index contributed by atoms with van der Waals surface area (Å²) in [6.07, 6.45) is 3.30. The van der Waals surface area contributed by atoms with Crippen LogP contribution in [0.2, 0.25) is 0 Å². The minimum atomic E-state index is 0.432. The van der Waals surface area contributed by atoms with Crippen LogP contribution in [-0.4, -0.2) is 5.11 Å². The lowest BCUT2D eigenvalue weighted by molar-refractivity contribution is 0.476. The molecule has 0 aliphatic carbocycles. The Labute approximate surface area is 132 Å². The Hall–Kier alpha value is -2.28. The zero-order valence-corrected chi connectivity index (χ0v) is 13.3. The Morgan fingerprint density at radius 2 is 1.50 bits per heavy atom. The third-order valence-electron chi connectivity index (χ3n) is 4.40. The lowest BCUT2D eigenvalue weighted by atomic mass is 9.87. The Kier molecular flexibility index (Phi) is 4.15. The van der Waals surface area contributed by atoms with E-state index >= 15 is 0 Å². The number of hydrogen-bond acceptors (Lipinski definition) is 1. The van der Waals surface area contributed by atoms with Crippen molar-refractivity contribution in [3.63, 3.8) is 0 Å². The van der Waals surface area contributed by atoms with Gasteiger partial charge in [0.2, 0.25) is 0 Å². The maximum absolute atomic E-state index is 10.6. The molecule has 112 valence electrons. The number of phenols is 1. The maximum Gasteiger partial charge on any atom is 0.126 e. The molecule has 1 heteroatoms. The fourth-order valence-electron chi connectivity index (χ4n) is 3.20. The first-order valence-corrected chi connectivity index (χ1v) is 8.02. The summed E-state index contributed by atoms with van der Waals surface area (Å²) in [5.74, 6) is 0.432. The average Bonchev–Trinajstić information content (AvgIpc) is 2.57. The van der Waals surface area contributed by atoms with Gasteiger partial charge in [0.25, 0.3) is 0 Å². The van der Waals surface area contributed by atoms with Crippen LogP contribution >= 0.6 is 0 Å². The lowest BCUT2D eigenvalue weighted by Crippen LogP contribution is -1.97. The standard InChI is InChI=1S/C21H22O/c1-3-4-12-17-15(2)21(22)19-14-9-8-13-18(19)20(17)16-10-6-5-7-11-16/h5-11,13-14,22H,3-4,12H2,1-2H3. The summed E-state index contributed by atoms with van der Waals surface area (Å²) in [6, 6.07) is 18.7. The zero-order valence-electron chi connectivity index (χ0n) is 13.3. The molecule has 0 aliphatic heterocycles. The van der Waals surface area contributed by atoms with Gasteiger partial charge in [0.1, 0.15) is 5.75 Å². The highest BCUT2D eigenvalue weighted by atomic mass is 16.3. The van der Waals surface area contributed by atoms with Crippen molar-refractivity contribution in [3.8, 4) is 16.9 Å². The van der Waals surface area contributed by atoms with Gasteiger partial charge in [-0.25, -0.2) is 0 Å². The predicted octanol–water partition coefficient (Wildman–Crippen LogP) is 5.86. The third-order valence-corrected chi connectivity index (χ3v) is 4.40. The van der Waals surface area contributed by atoms with E-state index < -0.39 is 0 Å². The van der Waals surface area contributed by atoms with Crippen LogP contribution in [0.3, 0.4) is 0 Å². The first-order valence-electron chi connectivity index (χ1n) is 8.02. The highest BCUT2D eigenvalue weighted by Crippen LogP contribution is 2.41. The van der Waals surface area contributed by atoms with Crippen LogP contribution in [0.25, 0.3) is 21.9 Å². The maximum atomic E-state index is 10.6. The average molecular weight is 290 g/mol. The van der Waals surface area contributed by atoms with Crippen molar-refractivity contribution in [1.29, 1.82) is 0 Å². The van der Waals surface area contributed by atoms with Gasteiger partial charge in [-0.2, -0.15) is 0 Å². The minimum absolute atomic E-state index is 0.432. The molecule has 0 heterocycles. The molecule has 3 rings (SSSR count). The molecule has 1 N–H and O–H groups in total. The number of benzene rings is 3. The lowest BCUT2D eigenvalue weighted by Gasteiger charge is -2.18. The molecule has 0 aromatic heterocycles. The van der Waals surface area contributed by atoms with Crippen molar-refractivity contribution < 1.29 is 5.11 Å². The van der Waals surface area contributed by atoms with Gasteiger partial charge in [0, 0.05) is 5.39 Å². The Bertz CT molecular complexity index is 788. The fraction of sp³-hybridized carbons (Fsp3) is 0.238. The molecule has 0 aliphatic rings. The van der Waals surface area contributed by atoms with Crippen molar-refractivity contribution in [3.05, 3.63) is 65.7 Å². The molecule has 0 saturated heterocycles. The summed E-state index contributed by atoms with van der Waals surface area (Å²) < 4.78 is 0. The van der Waals surface area contributed by atoms with E-state index in [1.807, 2.05) is 31.2 Å². The fourth-order valence-corrected chi connectivity index (χ4v) is 3.20. The Balaban J connectivity index is 2.37. The van der Waals surface area contributed by atoms with E-state index in [1.165, 1.54) is 16.7 Å². The molecule has 3 aromatic carbocycles. The van der Waals surface area contributed by atoms with Crippen LogP contribution < -0.4 is 0 Å². The molecular weight excluding hydrogens is 268 g/mol. The van der Waals surface area contributed by atoms with Gasteiger partial charge in [-0.05, 0) is 47.4 Å². The normalized spacial score (nSPS) is 11.0. The SMILES string of the molecule is CCCCc1c(C)c(O)c2ccccc2c1-c1ccccc1. The molecule has 0 radical (unpaired) electrons. The van der Waals surface area contributed by atoms with Crippen molar-refractivity contribution in [2.24, 2.45) is 0 Å². The van der Waals surface area contributed by atoms with Gasteiger partial charge >= 0.3 is 0 Å². The molecule has 0 atom stereocenters.